The van der Waals surface area contributed by atoms with Gasteiger partial charge in [0.05, 0.1) is 23.6 Å². The van der Waals surface area contributed by atoms with Crippen molar-refractivity contribution in [1.29, 1.82) is 0 Å². The summed E-state index contributed by atoms with van der Waals surface area (Å²) in [5.41, 5.74) is -1.02. The van der Waals surface area contributed by atoms with E-state index < -0.39 is 40.8 Å². The lowest BCUT2D eigenvalue weighted by Gasteiger charge is -2.35. The Morgan fingerprint density at radius 2 is 1.77 bits per heavy atom. The van der Waals surface area contributed by atoms with E-state index in [2.05, 4.69) is 10.3 Å². The first-order valence-electron chi connectivity index (χ1n) is 10.0. The zero-order chi connectivity index (χ0) is 21.7. The Balaban J connectivity index is 1.87. The first kappa shape index (κ1) is 20.2. The van der Waals surface area contributed by atoms with Crippen molar-refractivity contribution in [2.45, 2.75) is 44.3 Å². The van der Waals surface area contributed by atoms with Gasteiger partial charge in [-0.2, -0.15) is 0 Å². The summed E-state index contributed by atoms with van der Waals surface area (Å²) < 4.78 is 0. The summed E-state index contributed by atoms with van der Waals surface area (Å²) in [6, 6.07) is 13.8. The molecule has 2 aromatic rings. The molecule has 2 fully saturated rings. The fraction of sp³-hybridized carbons (Fsp3) is 0.391. The summed E-state index contributed by atoms with van der Waals surface area (Å²) in [5.74, 6) is -3.78. The minimum atomic E-state index is -1.61. The lowest BCUT2D eigenvalue weighted by molar-refractivity contribution is -0.153. The summed E-state index contributed by atoms with van der Waals surface area (Å²) in [4.78, 5) is 45.2. The van der Waals surface area contributed by atoms with Crippen LogP contribution in [0.4, 0.5) is 0 Å². The van der Waals surface area contributed by atoms with Crippen molar-refractivity contribution in [3.05, 3.63) is 66.0 Å². The highest BCUT2D eigenvalue weighted by molar-refractivity contribution is 6.10. The lowest BCUT2D eigenvalue weighted by atomic mass is 9.76. The van der Waals surface area contributed by atoms with E-state index in [-0.39, 0.29) is 12.3 Å². The topological polar surface area (TPSA) is 99.6 Å². The van der Waals surface area contributed by atoms with Crippen molar-refractivity contribution < 1.29 is 19.5 Å². The van der Waals surface area contributed by atoms with Gasteiger partial charge in [0, 0.05) is 18.2 Å². The average molecular weight is 407 g/mol. The van der Waals surface area contributed by atoms with Gasteiger partial charge in [-0.3, -0.25) is 29.6 Å². The largest absolute Gasteiger partial charge is 0.480 e. The summed E-state index contributed by atoms with van der Waals surface area (Å²) in [7, 11) is 0. The second-order valence-corrected chi connectivity index (χ2v) is 9.00. The molecule has 4 rings (SSSR count). The number of benzene rings is 1. The molecule has 2 amide bonds. The van der Waals surface area contributed by atoms with Crippen LogP contribution >= 0.6 is 0 Å². The molecular weight excluding hydrogens is 382 g/mol. The molecule has 1 aromatic carbocycles. The Hall–Kier alpha value is -3.06. The molecule has 3 heterocycles. The fourth-order valence-electron chi connectivity index (χ4n) is 4.83. The molecule has 0 spiro atoms. The number of rotatable bonds is 4. The van der Waals surface area contributed by atoms with Gasteiger partial charge in [-0.1, -0.05) is 36.4 Å². The molecule has 156 valence electrons. The van der Waals surface area contributed by atoms with E-state index in [0.29, 0.717) is 5.69 Å². The van der Waals surface area contributed by atoms with Crippen molar-refractivity contribution in [3.63, 3.8) is 0 Å². The molecule has 2 saturated heterocycles. The number of imide groups is 1. The summed E-state index contributed by atoms with van der Waals surface area (Å²) in [6.07, 6.45) is 1.69. The maximum atomic E-state index is 13.5. The smallest absolute Gasteiger partial charge is 0.325 e. The van der Waals surface area contributed by atoms with Crippen LogP contribution in [0.3, 0.4) is 0 Å². The maximum Gasteiger partial charge on any atom is 0.325 e. The highest BCUT2D eigenvalue weighted by atomic mass is 16.4. The predicted molar refractivity (Wildman–Crippen MR) is 109 cm³/mol. The third-order valence-electron chi connectivity index (χ3n) is 6.04. The molecule has 4 atom stereocenters. The Kier molecular flexibility index (Phi) is 4.73. The van der Waals surface area contributed by atoms with Crippen LogP contribution in [0.5, 0.6) is 0 Å². The third kappa shape index (κ3) is 3.01. The predicted octanol–water partition coefficient (Wildman–Crippen LogP) is 2.19. The van der Waals surface area contributed by atoms with Gasteiger partial charge >= 0.3 is 5.97 Å². The number of pyridine rings is 1. The Labute approximate surface area is 175 Å². The van der Waals surface area contributed by atoms with E-state index in [1.807, 2.05) is 30.3 Å². The van der Waals surface area contributed by atoms with Gasteiger partial charge < -0.3 is 5.11 Å². The molecule has 0 saturated carbocycles. The van der Waals surface area contributed by atoms with Gasteiger partial charge in [0.2, 0.25) is 11.8 Å². The van der Waals surface area contributed by atoms with Crippen LogP contribution in [0.1, 0.15) is 38.1 Å². The summed E-state index contributed by atoms with van der Waals surface area (Å²) in [5, 5.41) is 13.5. The van der Waals surface area contributed by atoms with Gasteiger partial charge in [0.1, 0.15) is 5.54 Å². The van der Waals surface area contributed by atoms with Crippen molar-refractivity contribution >= 4 is 17.8 Å². The van der Waals surface area contributed by atoms with Crippen molar-refractivity contribution in [3.8, 4) is 0 Å². The molecule has 30 heavy (non-hydrogen) atoms. The fourth-order valence-corrected chi connectivity index (χ4v) is 4.83. The molecule has 7 heteroatoms. The van der Waals surface area contributed by atoms with Crippen molar-refractivity contribution in [2.75, 3.05) is 0 Å². The van der Waals surface area contributed by atoms with E-state index in [0.717, 1.165) is 5.56 Å². The number of hydrogen-bond acceptors (Lipinski definition) is 5. The quantitative estimate of drug-likeness (QED) is 0.754. The Morgan fingerprint density at radius 3 is 2.33 bits per heavy atom. The average Bonchev–Trinajstić information content (AvgIpc) is 3.18. The number of carbonyl (C=O) groups is 3. The number of carbonyl (C=O) groups excluding carboxylic acids is 2. The summed E-state index contributed by atoms with van der Waals surface area (Å²) >= 11 is 0. The van der Waals surface area contributed by atoms with E-state index >= 15 is 0 Å². The van der Waals surface area contributed by atoms with Crippen LogP contribution in [-0.2, 0) is 20.8 Å². The van der Waals surface area contributed by atoms with Crippen LogP contribution < -0.4 is 5.32 Å². The molecular formula is C23H25N3O4. The minimum Gasteiger partial charge on any atom is -0.480 e. The highest BCUT2D eigenvalue weighted by Crippen LogP contribution is 2.51. The van der Waals surface area contributed by atoms with Crippen LogP contribution in [0.2, 0.25) is 0 Å². The summed E-state index contributed by atoms with van der Waals surface area (Å²) in [6.45, 7) is 5.35. The van der Waals surface area contributed by atoms with Gasteiger partial charge in [0.15, 0.2) is 0 Å². The standard InChI is InChI=1S/C23H25N3O4/c1-22(2,3)26-19(27)16-17(20(26)28)23(21(29)30,13-14-9-5-4-6-10-14)25-18(16)15-11-7-8-12-24-15/h4-12,16-18,25H,13H2,1-3H3,(H,29,30). The first-order chi connectivity index (χ1) is 14.2. The molecule has 7 nitrogen and oxygen atoms in total. The Morgan fingerprint density at radius 1 is 1.10 bits per heavy atom. The maximum absolute atomic E-state index is 13.5. The van der Waals surface area contributed by atoms with Gasteiger partial charge in [-0.05, 0) is 38.5 Å². The van der Waals surface area contributed by atoms with E-state index in [1.54, 1.807) is 45.2 Å². The number of nitrogens with zero attached hydrogens (tertiary/aromatic N) is 2. The zero-order valence-corrected chi connectivity index (χ0v) is 17.2. The van der Waals surface area contributed by atoms with Crippen LogP contribution in [-0.4, -0.2) is 43.9 Å². The monoisotopic (exact) mass is 407 g/mol. The number of nitrogens with one attached hydrogen (secondary N) is 1. The number of likely N-dealkylation sites (tertiary alicyclic amines) is 1. The number of carboxylic acids is 1. The Bertz CT molecular complexity index is 987. The van der Waals surface area contributed by atoms with Crippen LogP contribution in [0.15, 0.2) is 54.7 Å². The second-order valence-electron chi connectivity index (χ2n) is 9.00. The van der Waals surface area contributed by atoms with Crippen LogP contribution in [0.25, 0.3) is 0 Å². The molecule has 0 bridgehead atoms. The second kappa shape index (κ2) is 7.02. The molecule has 2 aliphatic rings. The first-order valence-corrected chi connectivity index (χ1v) is 10.0. The zero-order valence-electron chi connectivity index (χ0n) is 17.2. The lowest BCUT2D eigenvalue weighted by Crippen LogP contribution is -2.58. The SMILES string of the molecule is CC(C)(C)N1C(=O)C2C(c3ccccn3)NC(Cc3ccccc3)(C(=O)O)C2C1=O. The van der Waals surface area contributed by atoms with Crippen LogP contribution in [0, 0.1) is 11.8 Å². The van der Waals surface area contributed by atoms with Crippen molar-refractivity contribution in [1.82, 2.24) is 15.2 Å². The van der Waals surface area contributed by atoms with Crippen molar-refractivity contribution in [2.24, 2.45) is 11.8 Å². The highest BCUT2D eigenvalue weighted by Gasteiger charge is 2.69. The molecule has 4 unspecified atom stereocenters. The number of hydrogen-bond donors (Lipinski definition) is 2. The molecule has 0 aliphatic carbocycles. The third-order valence-corrected chi connectivity index (χ3v) is 6.04. The number of aliphatic carboxylic acids is 1. The number of amides is 2. The molecule has 2 N–H and O–H groups in total. The molecule has 0 radical (unpaired) electrons. The minimum absolute atomic E-state index is 0.0880. The molecule has 1 aromatic heterocycles. The van der Waals surface area contributed by atoms with Gasteiger partial charge in [-0.15, -0.1) is 0 Å². The number of fused-ring (bicyclic) bond motifs is 1. The number of carboxylic acid groups (broad SMARTS) is 1. The number of aromatic nitrogens is 1. The normalized spacial score (nSPS) is 28.6. The van der Waals surface area contributed by atoms with Gasteiger partial charge in [-0.25, -0.2) is 0 Å². The molecule has 2 aliphatic heterocycles. The van der Waals surface area contributed by atoms with Gasteiger partial charge in [0.25, 0.3) is 0 Å². The van der Waals surface area contributed by atoms with E-state index in [1.165, 1.54) is 4.90 Å². The van der Waals surface area contributed by atoms with E-state index in [9.17, 15) is 19.5 Å². The van der Waals surface area contributed by atoms with E-state index in [4.69, 9.17) is 0 Å².